The molecule has 2 atom stereocenters. The maximum absolute atomic E-state index is 13.2. The molecule has 0 aliphatic carbocycles. The summed E-state index contributed by atoms with van der Waals surface area (Å²) in [5.74, 6) is -0.226. The first-order valence-corrected chi connectivity index (χ1v) is 14.3. The zero-order valence-electron chi connectivity index (χ0n) is 22.2. The Labute approximate surface area is 245 Å². The first-order chi connectivity index (χ1) is 19.3. The zero-order valence-corrected chi connectivity index (χ0v) is 23.7. The van der Waals surface area contributed by atoms with E-state index in [0.717, 1.165) is 51.1 Å². The maximum atomic E-state index is 13.2. The Morgan fingerprint density at radius 3 is 2.17 bits per heavy atom. The predicted molar refractivity (Wildman–Crippen MR) is 148 cm³/mol. The van der Waals surface area contributed by atoms with Crippen LogP contribution >= 0.6 is 23.2 Å². The molecule has 0 saturated carbocycles. The number of benzene rings is 2. The molecular weight excluding hydrogens is 593 g/mol. The van der Waals surface area contributed by atoms with E-state index >= 15 is 0 Å². The van der Waals surface area contributed by atoms with Crippen molar-refractivity contribution in [2.45, 2.75) is 56.4 Å². The van der Waals surface area contributed by atoms with Crippen molar-refractivity contribution in [3.63, 3.8) is 0 Å². The van der Waals surface area contributed by atoms with Gasteiger partial charge in [-0.25, -0.2) is 4.79 Å². The molecule has 5 nitrogen and oxygen atoms in total. The highest BCUT2D eigenvalue weighted by molar-refractivity contribution is 6.42. The number of nitrogens with zero attached hydrogens (tertiary/aromatic N) is 2. The van der Waals surface area contributed by atoms with Gasteiger partial charge in [0.05, 0.1) is 21.2 Å². The SMILES string of the molecule is O=C(NCC(CCN1CCCC1CN1CCCC1)c1ccc(Cl)c(Cl)c1)Nc1cc(C(F)(F)F)cc(C(F)(F)F)c1. The number of hydrogen-bond acceptors (Lipinski definition) is 3. The molecule has 226 valence electrons. The van der Waals surface area contributed by atoms with Gasteiger partial charge in [0, 0.05) is 30.7 Å². The molecule has 2 aromatic carbocycles. The van der Waals surface area contributed by atoms with Gasteiger partial charge < -0.3 is 15.5 Å². The van der Waals surface area contributed by atoms with Gasteiger partial charge in [0.2, 0.25) is 0 Å². The van der Waals surface area contributed by atoms with E-state index in [2.05, 4.69) is 20.4 Å². The van der Waals surface area contributed by atoms with Crippen LogP contribution in [0.25, 0.3) is 0 Å². The third-order valence-corrected chi connectivity index (χ3v) is 8.44. The van der Waals surface area contributed by atoms with Gasteiger partial charge >= 0.3 is 18.4 Å². The normalized spacial score (nSPS) is 19.5. The third kappa shape index (κ3) is 8.89. The van der Waals surface area contributed by atoms with Crippen LogP contribution in [0.4, 0.5) is 36.8 Å². The smallest absolute Gasteiger partial charge is 0.337 e. The fourth-order valence-corrected chi connectivity index (χ4v) is 5.86. The summed E-state index contributed by atoms with van der Waals surface area (Å²) < 4.78 is 79.2. The number of hydrogen-bond donors (Lipinski definition) is 2. The second kappa shape index (κ2) is 13.4. The van der Waals surface area contributed by atoms with Gasteiger partial charge in [-0.05, 0) is 94.2 Å². The minimum absolute atomic E-state index is 0.0126. The number of carbonyl (C=O) groups excluding carboxylic acids is 1. The van der Waals surface area contributed by atoms with E-state index in [9.17, 15) is 31.1 Å². The zero-order chi connectivity index (χ0) is 29.8. The molecule has 2 unspecified atom stereocenters. The summed E-state index contributed by atoms with van der Waals surface area (Å²) in [6.45, 7) is 5.07. The summed E-state index contributed by atoms with van der Waals surface area (Å²) in [6.07, 6.45) is -4.73. The molecule has 2 N–H and O–H groups in total. The van der Waals surface area contributed by atoms with Gasteiger partial charge in [-0.1, -0.05) is 29.3 Å². The number of urea groups is 1. The number of rotatable bonds is 9. The number of carbonyl (C=O) groups is 1. The summed E-state index contributed by atoms with van der Waals surface area (Å²) in [5, 5.41) is 5.45. The van der Waals surface area contributed by atoms with E-state index in [4.69, 9.17) is 23.2 Å². The summed E-state index contributed by atoms with van der Waals surface area (Å²) in [5.41, 5.74) is -2.82. The fourth-order valence-electron chi connectivity index (χ4n) is 5.55. The molecule has 0 bridgehead atoms. The molecule has 0 spiro atoms. The van der Waals surface area contributed by atoms with E-state index in [0.29, 0.717) is 34.6 Å². The second-order valence-corrected chi connectivity index (χ2v) is 11.4. The molecule has 2 fully saturated rings. The minimum atomic E-state index is -5.02. The monoisotopic (exact) mass is 624 g/mol. The molecule has 41 heavy (non-hydrogen) atoms. The second-order valence-electron chi connectivity index (χ2n) is 10.6. The van der Waals surface area contributed by atoms with Crippen LogP contribution in [-0.2, 0) is 12.4 Å². The van der Waals surface area contributed by atoms with Crippen LogP contribution in [-0.4, -0.2) is 61.1 Å². The molecule has 2 aliphatic heterocycles. The van der Waals surface area contributed by atoms with Crippen LogP contribution in [0, 0.1) is 0 Å². The first kappa shape index (κ1) is 31.7. The number of halogens is 8. The van der Waals surface area contributed by atoms with Crippen molar-refractivity contribution in [3.8, 4) is 0 Å². The standard InChI is InChI=1S/C28H32Cl2F6N4O/c29-24-6-5-18(12-25(24)30)19(7-11-40-10-3-4-23(40)17-39-8-1-2-9-39)16-37-26(41)38-22-14-20(27(31,32)33)13-21(15-22)28(34,35)36/h5-6,12-15,19,23H,1-4,7-11,16-17H2,(H2,37,38,41). The van der Waals surface area contributed by atoms with E-state index in [1.54, 1.807) is 18.2 Å². The lowest BCUT2D eigenvalue weighted by atomic mass is 9.95. The van der Waals surface area contributed by atoms with E-state index in [1.807, 2.05) is 0 Å². The number of amides is 2. The highest BCUT2D eigenvalue weighted by Gasteiger charge is 2.37. The summed E-state index contributed by atoms with van der Waals surface area (Å²) in [7, 11) is 0. The van der Waals surface area contributed by atoms with E-state index in [1.165, 1.54) is 12.8 Å². The summed E-state index contributed by atoms with van der Waals surface area (Å²) >= 11 is 12.3. The number of nitrogens with one attached hydrogen (secondary N) is 2. The molecule has 0 radical (unpaired) electrons. The average Bonchev–Trinajstić information content (AvgIpc) is 3.57. The quantitative estimate of drug-likeness (QED) is 0.279. The summed E-state index contributed by atoms with van der Waals surface area (Å²) in [4.78, 5) is 17.6. The number of alkyl halides is 6. The third-order valence-electron chi connectivity index (χ3n) is 7.70. The Morgan fingerprint density at radius 2 is 1.56 bits per heavy atom. The van der Waals surface area contributed by atoms with Crippen LogP contribution in [0.15, 0.2) is 36.4 Å². The Hall–Kier alpha value is -2.21. The highest BCUT2D eigenvalue weighted by atomic mass is 35.5. The summed E-state index contributed by atoms with van der Waals surface area (Å²) in [6, 6.07) is 5.64. The molecule has 13 heteroatoms. The highest BCUT2D eigenvalue weighted by Crippen LogP contribution is 2.37. The van der Waals surface area contributed by atoms with Crippen LogP contribution in [0.5, 0.6) is 0 Å². The Kier molecular flexibility index (Phi) is 10.4. The van der Waals surface area contributed by atoms with E-state index in [-0.39, 0.29) is 18.5 Å². The number of anilines is 1. The Morgan fingerprint density at radius 1 is 0.902 bits per heavy atom. The average molecular weight is 625 g/mol. The van der Waals surface area contributed by atoms with Gasteiger partial charge in [-0.2, -0.15) is 26.3 Å². The van der Waals surface area contributed by atoms with Crippen LogP contribution < -0.4 is 10.6 Å². The van der Waals surface area contributed by atoms with Crippen LogP contribution in [0.1, 0.15) is 54.7 Å². The van der Waals surface area contributed by atoms with Crippen molar-refractivity contribution in [3.05, 3.63) is 63.1 Å². The molecule has 0 aromatic heterocycles. The minimum Gasteiger partial charge on any atom is -0.337 e. The number of likely N-dealkylation sites (tertiary alicyclic amines) is 2. The van der Waals surface area contributed by atoms with Crippen molar-refractivity contribution in [1.29, 1.82) is 0 Å². The van der Waals surface area contributed by atoms with Crippen LogP contribution in [0.2, 0.25) is 10.0 Å². The molecule has 2 aliphatic rings. The fraction of sp³-hybridized carbons (Fsp3) is 0.536. The Balaban J connectivity index is 1.43. The topological polar surface area (TPSA) is 47.6 Å². The molecular formula is C28H32Cl2F6N4O. The van der Waals surface area contributed by atoms with Crippen molar-refractivity contribution < 1.29 is 31.1 Å². The van der Waals surface area contributed by atoms with Gasteiger partial charge in [0.25, 0.3) is 0 Å². The van der Waals surface area contributed by atoms with Gasteiger partial charge in [-0.15, -0.1) is 0 Å². The van der Waals surface area contributed by atoms with Crippen molar-refractivity contribution in [1.82, 2.24) is 15.1 Å². The van der Waals surface area contributed by atoms with Crippen molar-refractivity contribution >= 4 is 34.9 Å². The molecule has 2 heterocycles. The van der Waals surface area contributed by atoms with E-state index < -0.39 is 35.2 Å². The predicted octanol–water partition coefficient (Wildman–Crippen LogP) is 7.89. The van der Waals surface area contributed by atoms with Crippen LogP contribution in [0.3, 0.4) is 0 Å². The lowest BCUT2D eigenvalue weighted by Gasteiger charge is -2.30. The molecule has 2 aromatic rings. The van der Waals surface area contributed by atoms with Gasteiger partial charge in [0.1, 0.15) is 0 Å². The van der Waals surface area contributed by atoms with Crippen molar-refractivity contribution in [2.75, 3.05) is 44.6 Å². The Bertz CT molecular complexity index is 1170. The molecule has 2 amide bonds. The van der Waals surface area contributed by atoms with Gasteiger partial charge in [-0.3, -0.25) is 4.90 Å². The largest absolute Gasteiger partial charge is 0.416 e. The lowest BCUT2D eigenvalue weighted by molar-refractivity contribution is -0.143. The first-order valence-electron chi connectivity index (χ1n) is 13.6. The van der Waals surface area contributed by atoms with Crippen molar-refractivity contribution in [2.24, 2.45) is 0 Å². The van der Waals surface area contributed by atoms with Gasteiger partial charge in [0.15, 0.2) is 0 Å². The lowest BCUT2D eigenvalue weighted by Crippen LogP contribution is -2.40. The maximum Gasteiger partial charge on any atom is 0.416 e. The molecule has 4 rings (SSSR count). The molecule has 2 saturated heterocycles.